The second-order valence-corrected chi connectivity index (χ2v) is 8.15. The maximum atomic E-state index is 12.4. The standard InChI is InChI=1S/C19H22N2O3S2/c22-17(23)9-12-21-18(24)16(26-19(21)25)13-14-5-7-15(8-6-14)20-10-3-1-2-4-11-20/h5-8,13H,1-4,9-12H2,(H,22,23)/b16-13-. The molecule has 26 heavy (non-hydrogen) atoms. The Bertz CT molecular complexity index is 723. The van der Waals surface area contributed by atoms with Gasteiger partial charge >= 0.3 is 5.97 Å². The third-order valence-electron chi connectivity index (χ3n) is 4.58. The molecule has 1 aromatic rings. The average Bonchev–Trinajstić information content (AvgIpc) is 2.82. The summed E-state index contributed by atoms with van der Waals surface area (Å²) in [4.78, 5) is 27.5. The van der Waals surface area contributed by atoms with E-state index in [1.807, 2.05) is 18.2 Å². The molecule has 0 radical (unpaired) electrons. The zero-order valence-electron chi connectivity index (χ0n) is 14.5. The highest BCUT2D eigenvalue weighted by Crippen LogP contribution is 2.33. The van der Waals surface area contributed by atoms with Crippen LogP contribution in [0.15, 0.2) is 29.2 Å². The van der Waals surface area contributed by atoms with Crippen LogP contribution in [-0.2, 0) is 9.59 Å². The van der Waals surface area contributed by atoms with Gasteiger partial charge in [0.05, 0.1) is 11.3 Å². The fourth-order valence-electron chi connectivity index (χ4n) is 3.16. The topological polar surface area (TPSA) is 60.9 Å². The van der Waals surface area contributed by atoms with Gasteiger partial charge in [-0.1, -0.05) is 49.0 Å². The number of nitrogens with zero attached hydrogens (tertiary/aromatic N) is 2. The van der Waals surface area contributed by atoms with Crippen molar-refractivity contribution < 1.29 is 14.7 Å². The zero-order valence-corrected chi connectivity index (χ0v) is 16.2. The van der Waals surface area contributed by atoms with Crippen molar-refractivity contribution in [2.24, 2.45) is 0 Å². The number of rotatable bonds is 5. The number of amides is 1. The first-order chi connectivity index (χ1) is 12.5. The summed E-state index contributed by atoms with van der Waals surface area (Å²) in [7, 11) is 0. The SMILES string of the molecule is O=C(O)CCN1C(=O)/C(=C/c2ccc(N3CCCCCC3)cc2)SC1=S. The minimum atomic E-state index is -0.938. The molecule has 0 unspecified atom stereocenters. The van der Waals surface area contributed by atoms with Crippen LogP contribution in [0.4, 0.5) is 5.69 Å². The van der Waals surface area contributed by atoms with Crippen LogP contribution in [0.2, 0.25) is 0 Å². The van der Waals surface area contributed by atoms with Crippen LogP contribution in [0.3, 0.4) is 0 Å². The molecule has 0 saturated carbocycles. The Morgan fingerprint density at radius 3 is 2.42 bits per heavy atom. The van der Waals surface area contributed by atoms with Crippen LogP contribution in [0.25, 0.3) is 6.08 Å². The number of benzene rings is 1. The summed E-state index contributed by atoms with van der Waals surface area (Å²) in [6.07, 6.45) is 6.80. The summed E-state index contributed by atoms with van der Waals surface area (Å²) in [5.74, 6) is -1.15. The van der Waals surface area contributed by atoms with E-state index in [0.29, 0.717) is 9.23 Å². The van der Waals surface area contributed by atoms with E-state index in [9.17, 15) is 9.59 Å². The summed E-state index contributed by atoms with van der Waals surface area (Å²) in [5.41, 5.74) is 2.17. The van der Waals surface area contributed by atoms with Gasteiger partial charge in [-0.15, -0.1) is 0 Å². The number of aliphatic carboxylic acids is 1. The number of hydrogen-bond donors (Lipinski definition) is 1. The number of anilines is 1. The van der Waals surface area contributed by atoms with Gasteiger partial charge in [-0.05, 0) is 36.6 Å². The fourth-order valence-corrected chi connectivity index (χ4v) is 4.47. The molecule has 0 aliphatic carbocycles. The summed E-state index contributed by atoms with van der Waals surface area (Å²) in [6.45, 7) is 2.31. The summed E-state index contributed by atoms with van der Waals surface area (Å²) in [5, 5.41) is 8.79. The van der Waals surface area contributed by atoms with Gasteiger partial charge in [0.25, 0.3) is 5.91 Å². The van der Waals surface area contributed by atoms with Crippen molar-refractivity contribution in [3.63, 3.8) is 0 Å². The number of thiocarbonyl (C=S) groups is 1. The molecule has 2 heterocycles. The van der Waals surface area contributed by atoms with Gasteiger partial charge in [-0.25, -0.2) is 0 Å². The van der Waals surface area contributed by atoms with Crippen molar-refractivity contribution in [1.29, 1.82) is 0 Å². The summed E-state index contributed by atoms with van der Waals surface area (Å²) >= 11 is 6.44. The van der Waals surface area contributed by atoms with Gasteiger partial charge < -0.3 is 10.0 Å². The van der Waals surface area contributed by atoms with Crippen LogP contribution in [0, 0.1) is 0 Å². The van der Waals surface area contributed by atoms with E-state index >= 15 is 0 Å². The highest BCUT2D eigenvalue weighted by Gasteiger charge is 2.32. The first kappa shape index (κ1) is 18.9. The van der Waals surface area contributed by atoms with Gasteiger partial charge in [0.2, 0.25) is 0 Å². The number of carbonyl (C=O) groups is 2. The molecule has 5 nitrogen and oxygen atoms in total. The molecule has 0 bridgehead atoms. The number of hydrogen-bond acceptors (Lipinski definition) is 5. The van der Waals surface area contributed by atoms with Crippen LogP contribution in [-0.4, -0.2) is 45.8 Å². The molecule has 2 aliphatic rings. The Hall–Kier alpha value is -1.86. The van der Waals surface area contributed by atoms with Crippen LogP contribution in [0.1, 0.15) is 37.7 Å². The molecule has 3 rings (SSSR count). The van der Waals surface area contributed by atoms with Crippen molar-refractivity contribution in [2.75, 3.05) is 24.5 Å². The van der Waals surface area contributed by atoms with Crippen LogP contribution >= 0.6 is 24.0 Å². The maximum Gasteiger partial charge on any atom is 0.305 e. The van der Waals surface area contributed by atoms with E-state index in [4.69, 9.17) is 17.3 Å². The van der Waals surface area contributed by atoms with Crippen LogP contribution in [0.5, 0.6) is 0 Å². The Kier molecular flexibility index (Phi) is 6.32. The predicted molar refractivity (Wildman–Crippen MR) is 109 cm³/mol. The second kappa shape index (κ2) is 8.68. The third kappa shape index (κ3) is 4.65. The lowest BCUT2D eigenvalue weighted by Gasteiger charge is -2.22. The molecule has 2 aliphatic heterocycles. The first-order valence-electron chi connectivity index (χ1n) is 8.87. The van der Waals surface area contributed by atoms with E-state index < -0.39 is 5.97 Å². The van der Waals surface area contributed by atoms with Crippen molar-refractivity contribution >= 4 is 51.9 Å². The Labute approximate surface area is 163 Å². The molecule has 1 amide bonds. The first-order valence-corrected chi connectivity index (χ1v) is 10.1. The Morgan fingerprint density at radius 2 is 1.81 bits per heavy atom. The summed E-state index contributed by atoms with van der Waals surface area (Å²) < 4.78 is 0.420. The zero-order chi connectivity index (χ0) is 18.5. The molecule has 2 fully saturated rings. The van der Waals surface area contributed by atoms with E-state index in [2.05, 4.69) is 17.0 Å². The van der Waals surface area contributed by atoms with Crippen molar-refractivity contribution in [3.8, 4) is 0 Å². The van der Waals surface area contributed by atoms with E-state index in [1.165, 1.54) is 48.0 Å². The molecule has 1 N–H and O–H groups in total. The number of thioether (sulfide) groups is 1. The van der Waals surface area contributed by atoms with Crippen molar-refractivity contribution in [3.05, 3.63) is 34.7 Å². The van der Waals surface area contributed by atoms with Gasteiger partial charge in [-0.3, -0.25) is 14.5 Å². The summed E-state index contributed by atoms with van der Waals surface area (Å²) in [6, 6.07) is 8.23. The largest absolute Gasteiger partial charge is 0.481 e. The quantitative estimate of drug-likeness (QED) is 0.610. The van der Waals surface area contributed by atoms with E-state index in [0.717, 1.165) is 18.7 Å². The lowest BCUT2D eigenvalue weighted by molar-refractivity contribution is -0.137. The molecular weight excluding hydrogens is 368 g/mol. The highest BCUT2D eigenvalue weighted by molar-refractivity contribution is 8.26. The molecule has 0 aromatic heterocycles. The monoisotopic (exact) mass is 390 g/mol. The maximum absolute atomic E-state index is 12.4. The van der Waals surface area contributed by atoms with E-state index in [1.54, 1.807) is 0 Å². The van der Waals surface area contributed by atoms with Gasteiger partial charge in [-0.2, -0.15) is 0 Å². The van der Waals surface area contributed by atoms with Gasteiger partial charge in [0.1, 0.15) is 4.32 Å². The number of carbonyl (C=O) groups excluding carboxylic acids is 1. The van der Waals surface area contributed by atoms with Crippen molar-refractivity contribution in [2.45, 2.75) is 32.1 Å². The molecular formula is C19H22N2O3S2. The Morgan fingerprint density at radius 1 is 1.15 bits per heavy atom. The number of carboxylic acid groups (broad SMARTS) is 1. The van der Waals surface area contributed by atoms with Crippen LogP contribution < -0.4 is 4.90 Å². The fraction of sp³-hybridized carbons (Fsp3) is 0.421. The van der Waals surface area contributed by atoms with Gasteiger partial charge in [0.15, 0.2) is 0 Å². The molecule has 0 atom stereocenters. The normalized spacial score (nSPS) is 19.9. The number of carboxylic acids is 1. The lowest BCUT2D eigenvalue weighted by Crippen LogP contribution is -2.30. The van der Waals surface area contributed by atoms with Gasteiger partial charge in [0, 0.05) is 25.3 Å². The average molecular weight is 391 g/mol. The Balaban J connectivity index is 1.68. The van der Waals surface area contributed by atoms with E-state index in [-0.39, 0.29) is 18.9 Å². The molecule has 2 saturated heterocycles. The molecule has 1 aromatic carbocycles. The lowest BCUT2D eigenvalue weighted by atomic mass is 10.1. The predicted octanol–water partition coefficient (Wildman–Crippen LogP) is 3.74. The second-order valence-electron chi connectivity index (χ2n) is 6.47. The molecule has 7 heteroatoms. The van der Waals surface area contributed by atoms with Crippen molar-refractivity contribution in [1.82, 2.24) is 4.90 Å². The minimum Gasteiger partial charge on any atom is -0.481 e. The third-order valence-corrected chi connectivity index (χ3v) is 5.96. The minimum absolute atomic E-state index is 0.107. The molecule has 0 spiro atoms. The molecule has 138 valence electrons. The highest BCUT2D eigenvalue weighted by atomic mass is 32.2. The smallest absolute Gasteiger partial charge is 0.305 e.